The van der Waals surface area contributed by atoms with Gasteiger partial charge in [0.25, 0.3) is 17.7 Å². The summed E-state index contributed by atoms with van der Waals surface area (Å²) in [6, 6.07) is 10.6. The van der Waals surface area contributed by atoms with Crippen molar-refractivity contribution in [2.75, 3.05) is 43.2 Å². The number of benzene rings is 2. The number of hydrogen-bond acceptors (Lipinski definition) is 14. The second-order valence-corrected chi connectivity index (χ2v) is 13.4. The fraction of sp³-hybridized carbons (Fsp3) is 0.342. The van der Waals surface area contributed by atoms with Gasteiger partial charge in [-0.1, -0.05) is 25.0 Å². The quantitative estimate of drug-likeness (QED) is 0.0659. The SMILES string of the molecule is CNC(=O)c1nnc(NC(=O)CNC(=O)CCCCCCNc2cccc3c2C(=O)N(C2CCC(=O)NC2=O)C3=O)cc1Nc1cccc(-c2ncn(C)n2)c1OC. The molecule has 2 aliphatic heterocycles. The van der Waals surface area contributed by atoms with E-state index in [0.29, 0.717) is 47.9 Å². The van der Waals surface area contributed by atoms with Gasteiger partial charge in [-0.2, -0.15) is 5.10 Å². The van der Waals surface area contributed by atoms with Crippen LogP contribution in [-0.4, -0.2) is 105 Å². The van der Waals surface area contributed by atoms with Gasteiger partial charge in [-0.05, 0) is 43.5 Å². The average Bonchev–Trinajstić information content (AvgIpc) is 3.76. The lowest BCUT2D eigenvalue weighted by molar-refractivity contribution is -0.136. The Kier molecular flexibility index (Phi) is 12.6. The number of aromatic nitrogens is 5. The van der Waals surface area contributed by atoms with E-state index in [-0.39, 0.29) is 60.0 Å². The van der Waals surface area contributed by atoms with Crippen LogP contribution < -0.4 is 36.6 Å². The molecule has 0 saturated carbocycles. The van der Waals surface area contributed by atoms with Crippen LogP contribution in [0, 0.1) is 0 Å². The first-order chi connectivity index (χ1) is 28.0. The van der Waals surface area contributed by atoms with Gasteiger partial charge in [0.05, 0.1) is 41.7 Å². The van der Waals surface area contributed by atoms with Crippen molar-refractivity contribution in [2.45, 2.75) is 51.0 Å². The summed E-state index contributed by atoms with van der Waals surface area (Å²) < 4.78 is 7.22. The van der Waals surface area contributed by atoms with Crippen molar-refractivity contribution in [3.05, 3.63) is 65.6 Å². The number of rotatable bonds is 17. The maximum atomic E-state index is 13.3. The number of nitrogens with zero attached hydrogens (tertiary/aromatic N) is 6. The number of amides is 7. The van der Waals surface area contributed by atoms with Crippen molar-refractivity contribution in [2.24, 2.45) is 7.05 Å². The Hall–Kier alpha value is -7.25. The maximum Gasteiger partial charge on any atom is 0.273 e. The summed E-state index contributed by atoms with van der Waals surface area (Å²) in [5, 5.41) is 28.6. The number of nitrogens with one attached hydrogen (secondary N) is 6. The normalized spacial score (nSPS) is 14.7. The summed E-state index contributed by atoms with van der Waals surface area (Å²) >= 11 is 0. The molecule has 0 spiro atoms. The summed E-state index contributed by atoms with van der Waals surface area (Å²) in [7, 11) is 4.68. The van der Waals surface area contributed by atoms with Gasteiger partial charge in [-0.15, -0.1) is 10.2 Å². The number of piperidine rings is 1. The molecule has 20 heteroatoms. The largest absolute Gasteiger partial charge is 0.494 e. The van der Waals surface area contributed by atoms with Gasteiger partial charge < -0.3 is 31.3 Å². The van der Waals surface area contributed by atoms with Crippen molar-refractivity contribution in [3.8, 4) is 17.1 Å². The molecule has 1 unspecified atom stereocenters. The lowest BCUT2D eigenvalue weighted by Gasteiger charge is -2.27. The van der Waals surface area contributed by atoms with Gasteiger partial charge in [0.1, 0.15) is 12.4 Å². The van der Waals surface area contributed by atoms with E-state index in [9.17, 15) is 33.6 Å². The topological polar surface area (TPSA) is 261 Å². The summed E-state index contributed by atoms with van der Waals surface area (Å²) in [6.45, 7) is 0.177. The third-order valence-corrected chi connectivity index (χ3v) is 9.39. The minimum absolute atomic E-state index is 0.0348. The highest BCUT2D eigenvalue weighted by atomic mass is 16.5. The van der Waals surface area contributed by atoms with Gasteiger partial charge in [0.15, 0.2) is 23.1 Å². The Balaban J connectivity index is 0.942. The molecule has 0 bridgehead atoms. The highest BCUT2D eigenvalue weighted by Crippen LogP contribution is 2.37. The third-order valence-electron chi connectivity index (χ3n) is 9.39. The van der Waals surface area contributed by atoms with Gasteiger partial charge in [0.2, 0.25) is 23.6 Å². The van der Waals surface area contributed by atoms with Crippen LogP contribution in [0.15, 0.2) is 48.8 Å². The lowest BCUT2D eigenvalue weighted by atomic mass is 10.0. The highest BCUT2D eigenvalue weighted by Gasteiger charge is 2.45. The van der Waals surface area contributed by atoms with E-state index in [1.807, 2.05) is 0 Å². The molecule has 1 saturated heterocycles. The maximum absolute atomic E-state index is 13.3. The number of carbonyl (C=O) groups is 7. The van der Waals surface area contributed by atoms with E-state index < -0.39 is 41.5 Å². The Bertz CT molecular complexity index is 2270. The summed E-state index contributed by atoms with van der Waals surface area (Å²) in [4.78, 5) is 93.4. The van der Waals surface area contributed by atoms with Crippen molar-refractivity contribution in [1.29, 1.82) is 0 Å². The molecule has 20 nitrogen and oxygen atoms in total. The Morgan fingerprint density at radius 3 is 2.40 bits per heavy atom. The number of anilines is 4. The molecule has 6 N–H and O–H groups in total. The van der Waals surface area contributed by atoms with Crippen LogP contribution in [0.3, 0.4) is 0 Å². The molecule has 7 amide bonds. The molecule has 0 radical (unpaired) electrons. The Morgan fingerprint density at radius 1 is 0.914 bits per heavy atom. The van der Waals surface area contributed by atoms with E-state index in [1.54, 1.807) is 48.4 Å². The van der Waals surface area contributed by atoms with Crippen LogP contribution in [0.2, 0.25) is 0 Å². The molecule has 2 aliphatic rings. The molecule has 1 fully saturated rings. The molecule has 2 aromatic carbocycles. The fourth-order valence-electron chi connectivity index (χ4n) is 6.58. The van der Waals surface area contributed by atoms with Gasteiger partial charge in [-0.25, -0.2) is 4.98 Å². The molecule has 2 aromatic heterocycles. The van der Waals surface area contributed by atoms with E-state index in [2.05, 4.69) is 52.2 Å². The van der Waals surface area contributed by atoms with Crippen molar-refractivity contribution in [1.82, 2.24) is 45.8 Å². The van der Waals surface area contributed by atoms with Crippen LogP contribution in [0.25, 0.3) is 11.4 Å². The zero-order chi connectivity index (χ0) is 41.3. The van der Waals surface area contributed by atoms with E-state index in [4.69, 9.17) is 4.74 Å². The van der Waals surface area contributed by atoms with E-state index in [1.165, 1.54) is 26.3 Å². The number of hydrogen-bond donors (Lipinski definition) is 6. The minimum atomic E-state index is -1.04. The summed E-state index contributed by atoms with van der Waals surface area (Å²) in [5.74, 6) is -2.76. The van der Waals surface area contributed by atoms with Crippen molar-refractivity contribution < 1.29 is 38.3 Å². The Morgan fingerprint density at radius 2 is 1.67 bits per heavy atom. The molecule has 4 heterocycles. The van der Waals surface area contributed by atoms with Crippen LogP contribution in [-0.2, 0) is 26.2 Å². The molecule has 4 aromatic rings. The van der Waals surface area contributed by atoms with Gasteiger partial charge >= 0.3 is 0 Å². The second-order valence-electron chi connectivity index (χ2n) is 13.4. The number of fused-ring (bicyclic) bond motifs is 1. The molecule has 302 valence electrons. The number of imide groups is 2. The fourth-order valence-corrected chi connectivity index (χ4v) is 6.58. The monoisotopic (exact) mass is 794 g/mol. The van der Waals surface area contributed by atoms with Crippen LogP contribution in [0.4, 0.5) is 22.9 Å². The smallest absolute Gasteiger partial charge is 0.273 e. The standard InChI is InChI=1S/C38H42N12O8/c1-39-36(55)32-25(43-24-13-9-11-22(33(24)58-3)34-42-20-49(2)48-34)18-27(46-47-32)44-30(53)19-41-28(51)14-6-4-5-7-17-40-23-12-8-10-21-31(23)38(57)50(37(21)56)26-15-16-29(52)45-35(26)54/h8-13,18,20,26,40H,4-7,14-17,19H2,1-3H3,(H,39,55)(H,41,51)(H,45,52,54)(H2,43,44,46,53). The van der Waals surface area contributed by atoms with Crippen LogP contribution in [0.1, 0.15) is 76.2 Å². The van der Waals surface area contributed by atoms with Crippen molar-refractivity contribution in [3.63, 3.8) is 0 Å². The second kappa shape index (κ2) is 18.1. The number of ether oxygens (including phenoxy) is 1. The molecular weight excluding hydrogens is 752 g/mol. The predicted molar refractivity (Wildman–Crippen MR) is 208 cm³/mol. The number of unbranched alkanes of at least 4 members (excludes halogenated alkanes) is 3. The first kappa shape index (κ1) is 40.4. The zero-order valence-corrected chi connectivity index (χ0v) is 32.0. The highest BCUT2D eigenvalue weighted by molar-refractivity contribution is 6.25. The Labute approximate surface area is 331 Å². The van der Waals surface area contributed by atoms with Crippen LogP contribution >= 0.6 is 0 Å². The first-order valence-electron chi connectivity index (χ1n) is 18.5. The zero-order valence-electron chi connectivity index (χ0n) is 32.0. The van der Waals surface area contributed by atoms with E-state index >= 15 is 0 Å². The molecular formula is C38H42N12O8. The van der Waals surface area contributed by atoms with E-state index in [0.717, 1.165) is 17.7 Å². The third kappa shape index (κ3) is 9.06. The summed E-state index contributed by atoms with van der Waals surface area (Å²) in [5.41, 5.74) is 2.14. The van der Waals surface area contributed by atoms with Gasteiger partial charge in [-0.3, -0.25) is 48.5 Å². The van der Waals surface area contributed by atoms with Gasteiger partial charge in [0, 0.05) is 45.2 Å². The lowest BCUT2D eigenvalue weighted by Crippen LogP contribution is -2.54. The minimum Gasteiger partial charge on any atom is -0.494 e. The molecule has 0 aliphatic carbocycles. The summed E-state index contributed by atoms with van der Waals surface area (Å²) in [6.07, 6.45) is 4.65. The molecule has 1 atom stereocenters. The van der Waals surface area contributed by atoms with Crippen molar-refractivity contribution >= 4 is 64.2 Å². The number of methoxy groups -OCH3 is 1. The first-order valence-corrected chi connectivity index (χ1v) is 18.5. The molecule has 58 heavy (non-hydrogen) atoms. The number of carbonyl (C=O) groups excluding carboxylic acids is 7. The average molecular weight is 795 g/mol. The number of para-hydroxylation sites is 1. The van der Waals surface area contributed by atoms with Crippen LogP contribution in [0.5, 0.6) is 5.75 Å². The molecule has 6 rings (SSSR count). The predicted octanol–water partition coefficient (Wildman–Crippen LogP) is 1.90. The number of aryl methyl sites for hydroxylation is 1.